The van der Waals surface area contributed by atoms with Gasteiger partial charge in [-0.1, -0.05) is 19.1 Å². The first-order valence-electron chi connectivity index (χ1n) is 5.53. The van der Waals surface area contributed by atoms with Gasteiger partial charge in [0, 0.05) is 5.92 Å². The van der Waals surface area contributed by atoms with Crippen molar-refractivity contribution in [1.82, 2.24) is 4.72 Å². The number of carbonyl (C=O) groups excluding carboxylic acids is 1. The van der Waals surface area contributed by atoms with Gasteiger partial charge in [-0.15, -0.1) is 0 Å². The van der Waals surface area contributed by atoms with Gasteiger partial charge in [0.25, 0.3) is 10.0 Å². The molecular formula is C12H15NO3S. The maximum absolute atomic E-state index is 11.9. The Balaban J connectivity index is 2.16. The van der Waals surface area contributed by atoms with Crippen molar-refractivity contribution >= 4 is 15.9 Å². The number of rotatable bonds is 3. The second-order valence-corrected chi connectivity index (χ2v) is 6.29. The summed E-state index contributed by atoms with van der Waals surface area (Å²) in [6, 6.07) is 6.50. The molecule has 1 aromatic rings. The summed E-state index contributed by atoms with van der Waals surface area (Å²) in [5, 5.41) is 0. The second kappa shape index (κ2) is 4.14. The number of hydrogen-bond acceptors (Lipinski definition) is 3. The first-order chi connectivity index (χ1) is 7.90. The highest BCUT2D eigenvalue weighted by molar-refractivity contribution is 7.90. The number of benzene rings is 1. The summed E-state index contributed by atoms with van der Waals surface area (Å²) in [5.41, 5.74) is 0.847. The van der Waals surface area contributed by atoms with E-state index < -0.39 is 10.0 Å². The first kappa shape index (κ1) is 12.1. The molecule has 2 unspecified atom stereocenters. The normalized spacial score (nSPS) is 23.2. The van der Waals surface area contributed by atoms with Crippen molar-refractivity contribution in [3.05, 3.63) is 29.8 Å². The minimum atomic E-state index is -3.71. The van der Waals surface area contributed by atoms with Crippen LogP contribution in [-0.2, 0) is 14.8 Å². The molecule has 0 aliphatic heterocycles. The number of hydrogen-bond donors (Lipinski definition) is 1. The summed E-state index contributed by atoms with van der Waals surface area (Å²) in [7, 11) is -3.71. The van der Waals surface area contributed by atoms with Crippen molar-refractivity contribution in [3.63, 3.8) is 0 Å². The molecule has 0 saturated heterocycles. The van der Waals surface area contributed by atoms with Crippen LogP contribution in [0.3, 0.4) is 0 Å². The standard InChI is InChI=1S/C12H15NO3S/c1-8-4-3-5-10(6-8)17(15,16)13-12(14)11-7-9(11)2/h3-6,9,11H,7H2,1-2H3,(H,13,14). The van der Waals surface area contributed by atoms with E-state index in [1.54, 1.807) is 12.1 Å². The summed E-state index contributed by atoms with van der Waals surface area (Å²) < 4.78 is 25.9. The maximum atomic E-state index is 11.9. The van der Waals surface area contributed by atoms with Crippen molar-refractivity contribution in [2.24, 2.45) is 11.8 Å². The Kier molecular flexibility index (Phi) is 2.95. The van der Waals surface area contributed by atoms with E-state index in [1.807, 2.05) is 19.9 Å². The zero-order valence-electron chi connectivity index (χ0n) is 9.80. The molecule has 2 rings (SSSR count). The third-order valence-electron chi connectivity index (χ3n) is 2.98. The third-order valence-corrected chi connectivity index (χ3v) is 4.33. The molecule has 1 amide bonds. The fraction of sp³-hybridized carbons (Fsp3) is 0.417. The number of aryl methyl sites for hydroxylation is 1. The van der Waals surface area contributed by atoms with E-state index in [2.05, 4.69) is 4.72 Å². The van der Waals surface area contributed by atoms with Crippen LogP contribution in [0.2, 0.25) is 0 Å². The van der Waals surface area contributed by atoms with E-state index in [9.17, 15) is 13.2 Å². The number of nitrogens with one attached hydrogen (secondary N) is 1. The molecule has 1 aliphatic rings. The minimum Gasteiger partial charge on any atom is -0.274 e. The van der Waals surface area contributed by atoms with Crippen molar-refractivity contribution in [1.29, 1.82) is 0 Å². The van der Waals surface area contributed by atoms with Crippen molar-refractivity contribution in [2.45, 2.75) is 25.2 Å². The van der Waals surface area contributed by atoms with E-state index in [1.165, 1.54) is 6.07 Å². The summed E-state index contributed by atoms with van der Waals surface area (Å²) in [6.07, 6.45) is 0.773. The third kappa shape index (κ3) is 2.66. The predicted molar refractivity (Wildman–Crippen MR) is 63.8 cm³/mol. The summed E-state index contributed by atoms with van der Waals surface area (Å²) in [4.78, 5) is 11.7. The van der Waals surface area contributed by atoms with Crippen LogP contribution in [-0.4, -0.2) is 14.3 Å². The summed E-state index contributed by atoms with van der Waals surface area (Å²) >= 11 is 0. The summed E-state index contributed by atoms with van der Waals surface area (Å²) in [5.74, 6) is -0.240. The Labute approximate surface area is 101 Å². The van der Waals surface area contributed by atoms with Crippen LogP contribution < -0.4 is 4.72 Å². The van der Waals surface area contributed by atoms with E-state index in [4.69, 9.17) is 0 Å². The lowest BCUT2D eigenvalue weighted by atomic mass is 10.2. The van der Waals surface area contributed by atoms with Crippen LogP contribution >= 0.6 is 0 Å². The smallest absolute Gasteiger partial charge is 0.264 e. The van der Waals surface area contributed by atoms with Gasteiger partial charge in [-0.25, -0.2) is 13.1 Å². The molecule has 1 aromatic carbocycles. The second-order valence-electron chi connectivity index (χ2n) is 4.61. The van der Waals surface area contributed by atoms with Crippen molar-refractivity contribution in [2.75, 3.05) is 0 Å². The number of sulfonamides is 1. The number of carbonyl (C=O) groups is 1. The van der Waals surface area contributed by atoms with Gasteiger partial charge < -0.3 is 0 Å². The molecule has 0 bridgehead atoms. The highest BCUT2D eigenvalue weighted by Gasteiger charge is 2.40. The Morgan fingerprint density at radius 2 is 2.06 bits per heavy atom. The first-order valence-corrected chi connectivity index (χ1v) is 7.02. The molecule has 1 saturated carbocycles. The molecule has 2 atom stereocenters. The topological polar surface area (TPSA) is 63.2 Å². The van der Waals surface area contributed by atoms with Gasteiger partial charge in [0.1, 0.15) is 0 Å². The van der Waals surface area contributed by atoms with E-state index in [0.29, 0.717) is 5.92 Å². The molecule has 0 aromatic heterocycles. The molecule has 0 heterocycles. The largest absolute Gasteiger partial charge is 0.274 e. The molecule has 1 aliphatic carbocycles. The van der Waals surface area contributed by atoms with Gasteiger partial charge in [0.15, 0.2) is 0 Å². The quantitative estimate of drug-likeness (QED) is 0.887. The van der Waals surface area contributed by atoms with Crippen LogP contribution in [0.15, 0.2) is 29.2 Å². The van der Waals surface area contributed by atoms with Crippen LogP contribution in [0.4, 0.5) is 0 Å². The molecule has 1 fully saturated rings. The molecule has 0 spiro atoms. The molecule has 0 radical (unpaired) electrons. The van der Waals surface area contributed by atoms with Gasteiger partial charge in [0.05, 0.1) is 4.90 Å². The van der Waals surface area contributed by atoms with Gasteiger partial charge >= 0.3 is 0 Å². The van der Waals surface area contributed by atoms with Crippen LogP contribution in [0.25, 0.3) is 0 Å². The average Bonchev–Trinajstić information content (AvgIpc) is 2.95. The van der Waals surface area contributed by atoms with Gasteiger partial charge in [-0.05, 0) is 37.0 Å². The molecule has 5 heteroatoms. The maximum Gasteiger partial charge on any atom is 0.264 e. The monoisotopic (exact) mass is 253 g/mol. The average molecular weight is 253 g/mol. The predicted octanol–water partition coefficient (Wildman–Crippen LogP) is 1.46. The summed E-state index contributed by atoms with van der Waals surface area (Å²) in [6.45, 7) is 3.74. The minimum absolute atomic E-state index is 0.138. The molecule has 4 nitrogen and oxygen atoms in total. The zero-order valence-corrected chi connectivity index (χ0v) is 10.6. The highest BCUT2D eigenvalue weighted by atomic mass is 32.2. The van der Waals surface area contributed by atoms with Crippen molar-refractivity contribution < 1.29 is 13.2 Å². The zero-order chi connectivity index (χ0) is 12.6. The lowest BCUT2D eigenvalue weighted by Crippen LogP contribution is -2.32. The lowest BCUT2D eigenvalue weighted by molar-refractivity contribution is -0.120. The van der Waals surface area contributed by atoms with Gasteiger partial charge in [-0.3, -0.25) is 4.79 Å². The lowest BCUT2D eigenvalue weighted by Gasteiger charge is -2.06. The van der Waals surface area contributed by atoms with Crippen LogP contribution in [0.1, 0.15) is 18.9 Å². The van der Waals surface area contributed by atoms with E-state index in [0.717, 1.165) is 12.0 Å². The fourth-order valence-corrected chi connectivity index (χ4v) is 2.87. The Morgan fingerprint density at radius 1 is 1.41 bits per heavy atom. The Morgan fingerprint density at radius 3 is 2.59 bits per heavy atom. The van der Waals surface area contributed by atoms with Gasteiger partial charge in [0.2, 0.25) is 5.91 Å². The Bertz CT molecular complexity index is 551. The Hall–Kier alpha value is -1.36. The van der Waals surface area contributed by atoms with Crippen molar-refractivity contribution in [3.8, 4) is 0 Å². The van der Waals surface area contributed by atoms with Gasteiger partial charge in [-0.2, -0.15) is 0 Å². The molecule has 17 heavy (non-hydrogen) atoms. The highest BCUT2D eigenvalue weighted by Crippen LogP contribution is 2.37. The fourth-order valence-electron chi connectivity index (χ4n) is 1.74. The molecular weight excluding hydrogens is 238 g/mol. The van der Waals surface area contributed by atoms with E-state index >= 15 is 0 Å². The number of amides is 1. The van der Waals surface area contributed by atoms with E-state index in [-0.39, 0.29) is 16.7 Å². The van der Waals surface area contributed by atoms with Crippen LogP contribution in [0, 0.1) is 18.8 Å². The SMILES string of the molecule is Cc1cccc(S(=O)(=O)NC(=O)C2CC2C)c1. The molecule has 1 N–H and O–H groups in total. The van der Waals surface area contributed by atoms with Crippen LogP contribution in [0.5, 0.6) is 0 Å². The molecule has 92 valence electrons.